The van der Waals surface area contributed by atoms with E-state index in [0.29, 0.717) is 13.1 Å². The van der Waals surface area contributed by atoms with Gasteiger partial charge in [-0.1, -0.05) is 0 Å². The predicted molar refractivity (Wildman–Crippen MR) is 38.8 cm³/mol. The number of H-pyrrole nitrogens is 1. The Balaban J connectivity index is 1.84. The van der Waals surface area contributed by atoms with Crippen molar-refractivity contribution >= 4 is 0 Å². The fourth-order valence-corrected chi connectivity index (χ4v) is 1.23. The van der Waals surface area contributed by atoms with Gasteiger partial charge < -0.3 is 4.98 Å². The average molecular weight is 155 g/mol. The van der Waals surface area contributed by atoms with E-state index in [1.165, 1.54) is 0 Å². The second-order valence-corrected chi connectivity index (χ2v) is 2.83. The average Bonchev–Trinajstić information content (AvgIpc) is 2.36. The molecule has 1 N–H and O–H groups in total. The molecule has 0 spiro atoms. The number of likely N-dealkylation sites (tertiary alicyclic amines) is 1. The van der Waals surface area contributed by atoms with Crippen molar-refractivity contribution in [2.45, 2.75) is 12.7 Å². The molecule has 0 bridgehead atoms. The van der Waals surface area contributed by atoms with Gasteiger partial charge in [-0.3, -0.25) is 4.90 Å². The normalized spacial score (nSPS) is 20.1. The monoisotopic (exact) mass is 155 g/mol. The van der Waals surface area contributed by atoms with E-state index in [2.05, 4.69) is 9.97 Å². The molecule has 2 heterocycles. The van der Waals surface area contributed by atoms with Gasteiger partial charge in [-0.05, 0) is 0 Å². The summed E-state index contributed by atoms with van der Waals surface area (Å²) in [5, 5.41) is 0. The molecular formula is C7H10FN3. The van der Waals surface area contributed by atoms with Crippen LogP contribution in [0.4, 0.5) is 4.39 Å². The Morgan fingerprint density at radius 2 is 2.55 bits per heavy atom. The minimum Gasteiger partial charge on any atom is -0.348 e. The molecule has 0 unspecified atom stereocenters. The van der Waals surface area contributed by atoms with Crippen LogP contribution >= 0.6 is 0 Å². The fraction of sp³-hybridized carbons (Fsp3) is 0.571. The van der Waals surface area contributed by atoms with Crippen molar-refractivity contribution in [2.75, 3.05) is 13.1 Å². The van der Waals surface area contributed by atoms with E-state index < -0.39 is 6.17 Å². The highest BCUT2D eigenvalue weighted by atomic mass is 19.1. The summed E-state index contributed by atoms with van der Waals surface area (Å²) < 4.78 is 12.3. The van der Waals surface area contributed by atoms with Crippen LogP contribution in [0.3, 0.4) is 0 Å². The molecule has 0 aliphatic carbocycles. The van der Waals surface area contributed by atoms with Gasteiger partial charge in [-0.15, -0.1) is 0 Å². The van der Waals surface area contributed by atoms with Gasteiger partial charge >= 0.3 is 0 Å². The standard InChI is InChI=1S/C7H10FN3/c8-6-3-11(4-6)5-7-9-1-2-10-7/h1-2,6H,3-5H2,(H,9,10). The van der Waals surface area contributed by atoms with E-state index in [0.717, 1.165) is 12.4 Å². The quantitative estimate of drug-likeness (QED) is 0.676. The van der Waals surface area contributed by atoms with E-state index in [-0.39, 0.29) is 0 Å². The van der Waals surface area contributed by atoms with Crippen LogP contribution in [-0.4, -0.2) is 34.1 Å². The SMILES string of the molecule is FC1CN(Cc2ncc[nH]2)C1. The number of rotatable bonds is 2. The van der Waals surface area contributed by atoms with Crippen LogP contribution in [0.15, 0.2) is 12.4 Å². The molecule has 3 nitrogen and oxygen atoms in total. The van der Waals surface area contributed by atoms with Gasteiger partial charge in [0.25, 0.3) is 0 Å². The van der Waals surface area contributed by atoms with Crippen LogP contribution in [-0.2, 0) is 6.54 Å². The Morgan fingerprint density at radius 3 is 3.09 bits per heavy atom. The molecule has 0 saturated carbocycles. The van der Waals surface area contributed by atoms with Crippen LogP contribution < -0.4 is 0 Å². The lowest BCUT2D eigenvalue weighted by molar-refractivity contribution is 0.0571. The predicted octanol–water partition coefficient (Wildman–Crippen LogP) is 0.563. The number of hydrogen-bond acceptors (Lipinski definition) is 2. The lowest BCUT2D eigenvalue weighted by atomic mass is 10.2. The topological polar surface area (TPSA) is 31.9 Å². The van der Waals surface area contributed by atoms with Gasteiger partial charge in [0, 0.05) is 25.5 Å². The van der Waals surface area contributed by atoms with E-state index in [1.807, 2.05) is 4.90 Å². The van der Waals surface area contributed by atoms with Crippen molar-refractivity contribution < 1.29 is 4.39 Å². The molecule has 0 amide bonds. The van der Waals surface area contributed by atoms with Crippen molar-refractivity contribution in [3.63, 3.8) is 0 Å². The number of hydrogen-bond donors (Lipinski definition) is 1. The Kier molecular flexibility index (Phi) is 1.62. The summed E-state index contributed by atoms with van der Waals surface area (Å²) in [6.45, 7) is 1.86. The Hall–Kier alpha value is -0.900. The highest BCUT2D eigenvalue weighted by Gasteiger charge is 2.26. The first-order chi connectivity index (χ1) is 5.34. The zero-order valence-electron chi connectivity index (χ0n) is 6.13. The largest absolute Gasteiger partial charge is 0.348 e. The van der Waals surface area contributed by atoms with Gasteiger partial charge in [0.1, 0.15) is 12.0 Å². The van der Waals surface area contributed by atoms with Gasteiger partial charge in [0.15, 0.2) is 0 Å². The summed E-state index contributed by atoms with van der Waals surface area (Å²) in [7, 11) is 0. The number of nitrogens with zero attached hydrogens (tertiary/aromatic N) is 2. The molecule has 1 fully saturated rings. The molecule has 60 valence electrons. The van der Waals surface area contributed by atoms with E-state index >= 15 is 0 Å². The molecule has 1 aromatic rings. The Bertz CT molecular complexity index is 216. The number of nitrogens with one attached hydrogen (secondary N) is 1. The van der Waals surface area contributed by atoms with Crippen LogP contribution in [0.2, 0.25) is 0 Å². The first kappa shape index (κ1) is 6.79. The zero-order chi connectivity index (χ0) is 7.68. The molecule has 1 aliphatic rings. The number of alkyl halides is 1. The number of halogens is 1. The minimum atomic E-state index is -0.620. The Morgan fingerprint density at radius 1 is 1.73 bits per heavy atom. The first-order valence-corrected chi connectivity index (χ1v) is 3.69. The molecule has 2 rings (SSSR count). The smallest absolute Gasteiger partial charge is 0.125 e. The van der Waals surface area contributed by atoms with Gasteiger partial charge in [-0.25, -0.2) is 9.37 Å². The summed E-state index contributed by atoms with van der Waals surface area (Å²) in [4.78, 5) is 9.04. The molecular weight excluding hydrogens is 145 g/mol. The van der Waals surface area contributed by atoms with E-state index in [4.69, 9.17) is 0 Å². The second-order valence-electron chi connectivity index (χ2n) is 2.83. The maximum absolute atomic E-state index is 12.3. The first-order valence-electron chi connectivity index (χ1n) is 3.69. The summed E-state index contributed by atoms with van der Waals surface area (Å²) >= 11 is 0. The lowest BCUT2D eigenvalue weighted by Crippen LogP contribution is -2.47. The van der Waals surface area contributed by atoms with Crippen molar-refractivity contribution in [1.29, 1.82) is 0 Å². The fourth-order valence-electron chi connectivity index (χ4n) is 1.23. The molecule has 0 atom stereocenters. The van der Waals surface area contributed by atoms with Crippen LogP contribution in [0.1, 0.15) is 5.82 Å². The lowest BCUT2D eigenvalue weighted by Gasteiger charge is -2.33. The van der Waals surface area contributed by atoms with Gasteiger partial charge in [-0.2, -0.15) is 0 Å². The molecule has 0 aromatic carbocycles. The zero-order valence-corrected chi connectivity index (χ0v) is 6.13. The van der Waals surface area contributed by atoms with Gasteiger partial charge in [0.05, 0.1) is 6.54 Å². The van der Waals surface area contributed by atoms with Gasteiger partial charge in [0.2, 0.25) is 0 Å². The summed E-state index contributed by atoms with van der Waals surface area (Å²) in [6, 6.07) is 0. The third-order valence-electron chi connectivity index (χ3n) is 1.84. The molecule has 1 aliphatic heterocycles. The van der Waals surface area contributed by atoms with Crippen LogP contribution in [0, 0.1) is 0 Å². The third-order valence-corrected chi connectivity index (χ3v) is 1.84. The molecule has 11 heavy (non-hydrogen) atoms. The molecule has 0 radical (unpaired) electrons. The second kappa shape index (κ2) is 2.62. The summed E-state index contributed by atoms with van der Waals surface area (Å²) in [6.07, 6.45) is 2.87. The van der Waals surface area contributed by atoms with E-state index in [9.17, 15) is 4.39 Å². The van der Waals surface area contributed by atoms with E-state index in [1.54, 1.807) is 12.4 Å². The number of imidazole rings is 1. The molecule has 4 heteroatoms. The van der Waals surface area contributed by atoms with Crippen molar-refractivity contribution in [2.24, 2.45) is 0 Å². The number of aromatic amines is 1. The van der Waals surface area contributed by atoms with Crippen molar-refractivity contribution in [1.82, 2.24) is 14.9 Å². The minimum absolute atomic E-state index is 0.556. The summed E-state index contributed by atoms with van der Waals surface area (Å²) in [5.41, 5.74) is 0. The highest BCUT2D eigenvalue weighted by molar-refractivity contribution is 4.90. The van der Waals surface area contributed by atoms with Crippen LogP contribution in [0.5, 0.6) is 0 Å². The summed E-state index contributed by atoms with van der Waals surface area (Å²) in [5.74, 6) is 0.914. The molecule has 1 aromatic heterocycles. The van der Waals surface area contributed by atoms with Crippen molar-refractivity contribution in [3.8, 4) is 0 Å². The van der Waals surface area contributed by atoms with Crippen molar-refractivity contribution in [3.05, 3.63) is 18.2 Å². The highest BCUT2D eigenvalue weighted by Crippen LogP contribution is 2.12. The maximum Gasteiger partial charge on any atom is 0.125 e. The third kappa shape index (κ3) is 1.40. The molecule has 1 saturated heterocycles. The maximum atomic E-state index is 12.3. The number of aromatic nitrogens is 2. The Labute approximate surface area is 64.2 Å². The van der Waals surface area contributed by atoms with Crippen LogP contribution in [0.25, 0.3) is 0 Å².